The maximum Gasteiger partial charge on any atom is 0.170 e. The zero-order chi connectivity index (χ0) is 19.3. The Hall–Kier alpha value is -2.40. The molecule has 1 aliphatic rings. The minimum Gasteiger partial charge on any atom is -0.492 e. The van der Waals surface area contributed by atoms with Gasteiger partial charge in [-0.1, -0.05) is 24.9 Å². The summed E-state index contributed by atoms with van der Waals surface area (Å²) in [6.07, 6.45) is 5.30. The Morgan fingerprint density at radius 1 is 1.14 bits per heavy atom. The van der Waals surface area contributed by atoms with Crippen molar-refractivity contribution < 1.29 is 13.7 Å². The van der Waals surface area contributed by atoms with E-state index in [1.807, 2.05) is 24.3 Å². The van der Waals surface area contributed by atoms with E-state index in [0.29, 0.717) is 12.2 Å². The lowest BCUT2D eigenvalue weighted by molar-refractivity contribution is 0.151. The summed E-state index contributed by atoms with van der Waals surface area (Å²) in [6, 6.07) is 12.3. The van der Waals surface area contributed by atoms with Crippen molar-refractivity contribution in [1.82, 2.24) is 10.1 Å². The first-order valence-corrected chi connectivity index (χ1v) is 10.2. The van der Waals surface area contributed by atoms with Crippen molar-refractivity contribution in [1.29, 1.82) is 0 Å². The molecule has 0 atom stereocenters. The Labute approximate surface area is 165 Å². The highest BCUT2D eigenvalue weighted by atomic mass is 19.1. The summed E-state index contributed by atoms with van der Waals surface area (Å²) in [5.41, 5.74) is 2.10. The molecule has 0 bridgehead atoms. The van der Waals surface area contributed by atoms with E-state index in [4.69, 9.17) is 9.26 Å². The Morgan fingerprint density at radius 2 is 1.93 bits per heavy atom. The number of nitrogens with zero attached hydrogens (tertiary/aromatic N) is 2. The first-order valence-electron chi connectivity index (χ1n) is 10.2. The highest BCUT2D eigenvalue weighted by molar-refractivity contribution is 5.91. The van der Waals surface area contributed by atoms with Crippen LogP contribution in [-0.2, 0) is 0 Å². The van der Waals surface area contributed by atoms with Crippen molar-refractivity contribution in [2.75, 3.05) is 26.2 Å². The van der Waals surface area contributed by atoms with Crippen molar-refractivity contribution in [3.63, 3.8) is 0 Å². The van der Waals surface area contributed by atoms with Crippen LogP contribution in [0, 0.1) is 11.7 Å². The second kappa shape index (κ2) is 8.74. The van der Waals surface area contributed by atoms with E-state index in [9.17, 15) is 4.39 Å². The van der Waals surface area contributed by atoms with Crippen molar-refractivity contribution >= 4 is 11.0 Å². The SMILES string of the molecule is CCCC1CCN(CCOc2ccc(-c3noc4cc(F)ccc34)cc2)CC1. The fourth-order valence-electron chi connectivity index (χ4n) is 4.03. The molecular weight excluding hydrogens is 355 g/mol. The third-order valence-corrected chi connectivity index (χ3v) is 5.64. The minimum absolute atomic E-state index is 0.325. The number of halogens is 1. The molecule has 4 nitrogen and oxygen atoms in total. The van der Waals surface area contributed by atoms with Crippen molar-refractivity contribution in [2.45, 2.75) is 32.6 Å². The Bertz CT molecular complexity index is 899. The summed E-state index contributed by atoms with van der Waals surface area (Å²) >= 11 is 0. The fourth-order valence-corrected chi connectivity index (χ4v) is 4.03. The smallest absolute Gasteiger partial charge is 0.170 e. The largest absolute Gasteiger partial charge is 0.492 e. The molecule has 2 aromatic carbocycles. The molecule has 148 valence electrons. The predicted molar refractivity (Wildman–Crippen MR) is 109 cm³/mol. The molecule has 0 saturated carbocycles. The van der Waals surface area contributed by atoms with Crippen LogP contribution in [0.1, 0.15) is 32.6 Å². The number of hydrogen-bond acceptors (Lipinski definition) is 4. The Kier molecular flexibility index (Phi) is 5.91. The summed E-state index contributed by atoms with van der Waals surface area (Å²) in [5, 5.41) is 4.90. The number of piperidine rings is 1. The lowest BCUT2D eigenvalue weighted by atomic mass is 9.92. The lowest BCUT2D eigenvalue weighted by Gasteiger charge is -2.31. The second-order valence-electron chi connectivity index (χ2n) is 7.62. The molecule has 0 spiro atoms. The van der Waals surface area contributed by atoms with Gasteiger partial charge >= 0.3 is 0 Å². The Balaban J connectivity index is 1.30. The molecule has 1 aliphatic heterocycles. The van der Waals surface area contributed by atoms with E-state index >= 15 is 0 Å². The highest BCUT2D eigenvalue weighted by Gasteiger charge is 2.18. The van der Waals surface area contributed by atoms with Gasteiger partial charge in [0.2, 0.25) is 0 Å². The average molecular weight is 382 g/mol. The van der Waals surface area contributed by atoms with E-state index in [-0.39, 0.29) is 5.82 Å². The molecule has 0 N–H and O–H groups in total. The number of aromatic nitrogens is 1. The predicted octanol–water partition coefficient (Wildman–Crippen LogP) is 5.52. The van der Waals surface area contributed by atoms with E-state index < -0.39 is 0 Å². The van der Waals surface area contributed by atoms with Gasteiger partial charge in [-0.2, -0.15) is 0 Å². The van der Waals surface area contributed by atoms with Gasteiger partial charge in [-0.05, 0) is 68.2 Å². The molecular formula is C23H27FN2O2. The van der Waals surface area contributed by atoms with Crippen molar-refractivity contribution in [3.8, 4) is 17.0 Å². The maximum atomic E-state index is 13.3. The van der Waals surface area contributed by atoms with E-state index in [2.05, 4.69) is 17.0 Å². The molecule has 28 heavy (non-hydrogen) atoms. The molecule has 1 aromatic heterocycles. The molecule has 0 unspecified atom stereocenters. The molecule has 0 radical (unpaired) electrons. The first kappa shape index (κ1) is 18.9. The van der Waals surface area contributed by atoms with Gasteiger partial charge in [-0.3, -0.25) is 4.90 Å². The number of benzene rings is 2. The van der Waals surface area contributed by atoms with Gasteiger partial charge in [0.25, 0.3) is 0 Å². The van der Waals surface area contributed by atoms with Crippen LogP contribution < -0.4 is 4.74 Å². The van der Waals surface area contributed by atoms with Crippen molar-refractivity contribution in [3.05, 3.63) is 48.3 Å². The molecule has 4 rings (SSSR count). The van der Waals surface area contributed by atoms with Crippen LogP contribution >= 0.6 is 0 Å². The lowest BCUT2D eigenvalue weighted by Crippen LogP contribution is -2.36. The van der Waals surface area contributed by atoms with Crippen LogP contribution in [0.25, 0.3) is 22.2 Å². The molecule has 1 fully saturated rings. The van der Waals surface area contributed by atoms with Gasteiger partial charge in [-0.15, -0.1) is 0 Å². The molecule has 0 aliphatic carbocycles. The van der Waals surface area contributed by atoms with E-state index in [0.717, 1.165) is 34.9 Å². The van der Waals surface area contributed by atoms with Crippen LogP contribution in [0.4, 0.5) is 4.39 Å². The van der Waals surface area contributed by atoms with Crippen LogP contribution in [0.15, 0.2) is 47.0 Å². The monoisotopic (exact) mass is 382 g/mol. The zero-order valence-corrected chi connectivity index (χ0v) is 16.4. The molecule has 2 heterocycles. The van der Waals surface area contributed by atoms with Gasteiger partial charge in [0.1, 0.15) is 23.9 Å². The van der Waals surface area contributed by atoms with Gasteiger partial charge < -0.3 is 9.26 Å². The summed E-state index contributed by atoms with van der Waals surface area (Å²) in [6.45, 7) is 6.32. The summed E-state index contributed by atoms with van der Waals surface area (Å²) in [4.78, 5) is 2.50. The third kappa shape index (κ3) is 4.36. The van der Waals surface area contributed by atoms with Crippen LogP contribution in [-0.4, -0.2) is 36.3 Å². The normalized spacial score (nSPS) is 15.9. The minimum atomic E-state index is -0.325. The summed E-state index contributed by atoms with van der Waals surface area (Å²) in [5.74, 6) is 1.44. The maximum absolute atomic E-state index is 13.3. The molecule has 0 amide bonds. The standard InChI is InChI=1S/C23H27FN2O2/c1-2-3-17-10-12-26(13-11-17)14-15-27-20-7-4-18(5-8-20)23-21-9-6-19(24)16-22(21)28-25-23/h4-9,16-17H,2-3,10-15H2,1H3. The molecule has 1 saturated heterocycles. The number of fused-ring (bicyclic) bond motifs is 1. The topological polar surface area (TPSA) is 38.5 Å². The fraction of sp³-hybridized carbons (Fsp3) is 0.435. The van der Waals surface area contributed by atoms with Crippen LogP contribution in [0.3, 0.4) is 0 Å². The number of hydrogen-bond donors (Lipinski definition) is 0. The van der Waals surface area contributed by atoms with Crippen molar-refractivity contribution in [2.24, 2.45) is 5.92 Å². The van der Waals surface area contributed by atoms with Gasteiger partial charge in [0.15, 0.2) is 5.58 Å². The summed E-state index contributed by atoms with van der Waals surface area (Å²) < 4.78 is 24.5. The third-order valence-electron chi connectivity index (χ3n) is 5.64. The van der Waals surface area contributed by atoms with Gasteiger partial charge in [-0.25, -0.2) is 4.39 Å². The second-order valence-corrected chi connectivity index (χ2v) is 7.62. The number of likely N-dealkylation sites (tertiary alicyclic amines) is 1. The van der Waals surface area contributed by atoms with Gasteiger partial charge in [0.05, 0.1) is 0 Å². The Morgan fingerprint density at radius 3 is 2.68 bits per heavy atom. The summed E-state index contributed by atoms with van der Waals surface area (Å²) in [7, 11) is 0. The average Bonchev–Trinajstić information content (AvgIpc) is 3.13. The van der Waals surface area contributed by atoms with Gasteiger partial charge in [0, 0.05) is 23.6 Å². The van der Waals surface area contributed by atoms with Crippen LogP contribution in [0.5, 0.6) is 5.75 Å². The number of ether oxygens (including phenoxy) is 1. The number of rotatable bonds is 7. The van der Waals surface area contributed by atoms with E-state index in [1.54, 1.807) is 6.07 Å². The molecule has 5 heteroatoms. The zero-order valence-electron chi connectivity index (χ0n) is 16.4. The first-order chi connectivity index (χ1) is 13.7. The molecule has 3 aromatic rings. The van der Waals surface area contributed by atoms with Crippen LogP contribution in [0.2, 0.25) is 0 Å². The highest BCUT2D eigenvalue weighted by Crippen LogP contribution is 2.29. The quantitative estimate of drug-likeness (QED) is 0.539. The van der Waals surface area contributed by atoms with E-state index in [1.165, 1.54) is 50.9 Å².